The standard InChI is InChI=1S/C16H12N2O3/c1-21-16(20)11-7-3-5-9-13(11)17-14-10-6-2-4-8-12(10)18-15(14)19/h2-9H,1H3,(H,17,18,19). The van der Waals surface area contributed by atoms with Crippen molar-refractivity contribution in [2.75, 3.05) is 12.4 Å². The van der Waals surface area contributed by atoms with Gasteiger partial charge < -0.3 is 10.1 Å². The Morgan fingerprint density at radius 1 is 1.10 bits per heavy atom. The molecule has 3 rings (SSSR count). The molecule has 2 aromatic rings. The molecule has 0 atom stereocenters. The SMILES string of the molecule is COC(=O)c1ccccc1N=C1C(=O)Nc2ccccc21. The number of esters is 1. The van der Waals surface area contributed by atoms with E-state index in [4.69, 9.17) is 4.74 Å². The number of carbonyl (C=O) groups excluding carboxylic acids is 2. The highest BCUT2D eigenvalue weighted by Crippen LogP contribution is 2.27. The Hall–Kier alpha value is -2.95. The number of carbonyl (C=O) groups is 2. The number of nitrogens with one attached hydrogen (secondary N) is 1. The maximum Gasteiger partial charge on any atom is 0.340 e. The van der Waals surface area contributed by atoms with Gasteiger partial charge in [-0.05, 0) is 18.2 Å². The van der Waals surface area contributed by atoms with Gasteiger partial charge in [0.25, 0.3) is 5.91 Å². The van der Waals surface area contributed by atoms with Crippen LogP contribution in [-0.2, 0) is 9.53 Å². The second kappa shape index (κ2) is 5.20. The Morgan fingerprint density at radius 3 is 2.62 bits per heavy atom. The van der Waals surface area contributed by atoms with E-state index in [0.29, 0.717) is 17.0 Å². The molecule has 1 aliphatic rings. The predicted molar refractivity (Wildman–Crippen MR) is 79.1 cm³/mol. The maximum absolute atomic E-state index is 12.0. The van der Waals surface area contributed by atoms with Crippen molar-refractivity contribution in [1.29, 1.82) is 0 Å². The number of benzene rings is 2. The molecule has 104 valence electrons. The molecule has 0 unspecified atom stereocenters. The number of nitrogens with zero attached hydrogens (tertiary/aromatic N) is 1. The largest absolute Gasteiger partial charge is 0.465 e. The molecule has 0 bridgehead atoms. The topological polar surface area (TPSA) is 67.8 Å². The molecule has 1 aliphatic heterocycles. The van der Waals surface area contributed by atoms with Crippen molar-refractivity contribution in [2.24, 2.45) is 4.99 Å². The maximum atomic E-state index is 12.0. The van der Waals surface area contributed by atoms with Gasteiger partial charge in [-0.25, -0.2) is 9.79 Å². The Balaban J connectivity index is 2.11. The van der Waals surface area contributed by atoms with Crippen molar-refractivity contribution in [1.82, 2.24) is 0 Å². The summed E-state index contributed by atoms with van der Waals surface area (Å²) in [6.45, 7) is 0. The third kappa shape index (κ3) is 2.29. The number of fused-ring (bicyclic) bond motifs is 1. The summed E-state index contributed by atoms with van der Waals surface area (Å²) >= 11 is 0. The number of aliphatic imine (C=N–C) groups is 1. The number of ether oxygens (including phenoxy) is 1. The van der Waals surface area contributed by atoms with E-state index in [1.54, 1.807) is 24.3 Å². The third-order valence-electron chi connectivity index (χ3n) is 3.19. The van der Waals surface area contributed by atoms with Crippen molar-refractivity contribution in [3.63, 3.8) is 0 Å². The van der Waals surface area contributed by atoms with E-state index in [2.05, 4.69) is 10.3 Å². The zero-order valence-electron chi connectivity index (χ0n) is 11.3. The van der Waals surface area contributed by atoms with Crippen molar-refractivity contribution in [3.05, 3.63) is 59.7 Å². The van der Waals surface area contributed by atoms with Crippen molar-refractivity contribution >= 4 is 29.0 Å². The first-order valence-electron chi connectivity index (χ1n) is 6.37. The van der Waals surface area contributed by atoms with Gasteiger partial charge in [0.15, 0.2) is 0 Å². The second-order valence-corrected chi connectivity index (χ2v) is 4.47. The predicted octanol–water partition coefficient (Wildman–Crippen LogP) is 2.55. The normalized spacial score (nSPS) is 14.7. The molecule has 0 aliphatic carbocycles. The number of hydrogen-bond donors (Lipinski definition) is 1. The molecule has 2 aromatic carbocycles. The summed E-state index contributed by atoms with van der Waals surface area (Å²) in [6.07, 6.45) is 0. The van der Waals surface area contributed by atoms with Crippen LogP contribution in [0.15, 0.2) is 53.5 Å². The van der Waals surface area contributed by atoms with Crippen molar-refractivity contribution in [3.8, 4) is 0 Å². The van der Waals surface area contributed by atoms with Gasteiger partial charge in [0.1, 0.15) is 5.71 Å². The van der Waals surface area contributed by atoms with E-state index in [1.807, 2.05) is 24.3 Å². The first kappa shape index (κ1) is 13.1. The smallest absolute Gasteiger partial charge is 0.340 e. The number of hydrogen-bond acceptors (Lipinski definition) is 4. The summed E-state index contributed by atoms with van der Waals surface area (Å²) in [5.41, 5.74) is 2.47. The van der Waals surface area contributed by atoms with Gasteiger partial charge >= 0.3 is 5.97 Å². The highest BCUT2D eigenvalue weighted by atomic mass is 16.5. The summed E-state index contributed by atoms with van der Waals surface area (Å²) in [6, 6.07) is 14.1. The second-order valence-electron chi connectivity index (χ2n) is 4.47. The Bertz CT molecular complexity index is 766. The molecule has 0 saturated heterocycles. The summed E-state index contributed by atoms with van der Waals surface area (Å²) in [4.78, 5) is 28.1. The Labute approximate surface area is 121 Å². The molecule has 1 amide bonds. The number of anilines is 1. The van der Waals surface area contributed by atoms with Gasteiger partial charge in [-0.15, -0.1) is 0 Å². The Morgan fingerprint density at radius 2 is 1.81 bits per heavy atom. The van der Waals surface area contributed by atoms with Gasteiger partial charge in [0.2, 0.25) is 0 Å². The fraction of sp³-hybridized carbons (Fsp3) is 0.0625. The lowest BCUT2D eigenvalue weighted by Crippen LogP contribution is -2.14. The minimum absolute atomic E-state index is 0.282. The number of methoxy groups -OCH3 is 1. The molecule has 0 fully saturated rings. The fourth-order valence-electron chi connectivity index (χ4n) is 2.19. The van der Waals surface area contributed by atoms with Crippen molar-refractivity contribution in [2.45, 2.75) is 0 Å². The van der Waals surface area contributed by atoms with Crippen LogP contribution in [-0.4, -0.2) is 24.7 Å². The van der Waals surface area contributed by atoms with Crippen LogP contribution in [0.3, 0.4) is 0 Å². The fourth-order valence-corrected chi connectivity index (χ4v) is 2.19. The lowest BCUT2D eigenvalue weighted by molar-refractivity contribution is -0.110. The number of rotatable bonds is 2. The highest BCUT2D eigenvalue weighted by Gasteiger charge is 2.26. The average molecular weight is 280 g/mol. The van der Waals surface area contributed by atoms with Crippen LogP contribution < -0.4 is 5.32 Å². The third-order valence-corrected chi connectivity index (χ3v) is 3.19. The quantitative estimate of drug-likeness (QED) is 0.859. The summed E-state index contributed by atoms with van der Waals surface area (Å²) in [5.74, 6) is -0.766. The molecule has 1 N–H and O–H groups in total. The average Bonchev–Trinajstić information content (AvgIpc) is 2.83. The molecule has 1 heterocycles. The van der Waals surface area contributed by atoms with Gasteiger partial charge in [0, 0.05) is 5.56 Å². The van der Waals surface area contributed by atoms with Crippen LogP contribution in [0.1, 0.15) is 15.9 Å². The monoisotopic (exact) mass is 280 g/mol. The molecular formula is C16H12N2O3. The summed E-state index contributed by atoms with van der Waals surface area (Å²) in [7, 11) is 1.31. The zero-order valence-corrected chi connectivity index (χ0v) is 11.3. The minimum atomic E-state index is -0.485. The molecule has 0 radical (unpaired) electrons. The van der Waals surface area contributed by atoms with Crippen LogP contribution >= 0.6 is 0 Å². The van der Waals surface area contributed by atoms with Crippen LogP contribution in [0.25, 0.3) is 0 Å². The van der Waals surface area contributed by atoms with Crippen molar-refractivity contribution < 1.29 is 14.3 Å². The minimum Gasteiger partial charge on any atom is -0.465 e. The molecule has 21 heavy (non-hydrogen) atoms. The molecule has 0 saturated carbocycles. The number of amides is 1. The van der Waals surface area contributed by atoms with Gasteiger partial charge in [-0.1, -0.05) is 30.3 Å². The summed E-state index contributed by atoms with van der Waals surface area (Å²) < 4.78 is 4.73. The molecule has 0 aromatic heterocycles. The zero-order chi connectivity index (χ0) is 14.8. The first-order valence-corrected chi connectivity index (χ1v) is 6.37. The highest BCUT2D eigenvalue weighted by molar-refractivity contribution is 6.54. The molecule has 0 spiro atoms. The lowest BCUT2D eigenvalue weighted by Gasteiger charge is -2.04. The molecule has 5 heteroatoms. The van der Waals surface area contributed by atoms with E-state index in [1.165, 1.54) is 7.11 Å². The van der Waals surface area contributed by atoms with Crippen LogP contribution in [0, 0.1) is 0 Å². The van der Waals surface area contributed by atoms with Gasteiger partial charge in [-0.2, -0.15) is 0 Å². The van der Waals surface area contributed by atoms with Gasteiger partial charge in [0.05, 0.1) is 24.0 Å². The van der Waals surface area contributed by atoms with E-state index >= 15 is 0 Å². The van der Waals surface area contributed by atoms with E-state index in [0.717, 1.165) is 11.3 Å². The van der Waals surface area contributed by atoms with E-state index < -0.39 is 5.97 Å². The van der Waals surface area contributed by atoms with Crippen LogP contribution in [0.2, 0.25) is 0 Å². The molecular weight excluding hydrogens is 268 g/mol. The lowest BCUT2D eigenvalue weighted by atomic mass is 10.1. The van der Waals surface area contributed by atoms with E-state index in [9.17, 15) is 9.59 Å². The first-order chi connectivity index (χ1) is 10.2. The van der Waals surface area contributed by atoms with E-state index in [-0.39, 0.29) is 5.91 Å². The Kier molecular flexibility index (Phi) is 3.23. The van der Waals surface area contributed by atoms with Crippen LogP contribution in [0.5, 0.6) is 0 Å². The van der Waals surface area contributed by atoms with Gasteiger partial charge in [-0.3, -0.25) is 4.79 Å². The summed E-state index contributed by atoms with van der Waals surface area (Å²) in [5, 5.41) is 2.74. The molecule has 5 nitrogen and oxygen atoms in total. The van der Waals surface area contributed by atoms with Crippen LogP contribution in [0.4, 0.5) is 11.4 Å². The number of para-hydroxylation sites is 2.